The van der Waals surface area contributed by atoms with Gasteiger partial charge in [0.05, 0.1) is 7.18 Å². The molecule has 0 aromatic carbocycles. The van der Waals surface area contributed by atoms with Crippen molar-refractivity contribution in [3.63, 3.8) is 0 Å². The van der Waals surface area contributed by atoms with Crippen LogP contribution in [0.1, 0.15) is 0 Å². The van der Waals surface area contributed by atoms with E-state index in [1.165, 1.54) is 0 Å². The third-order valence-corrected chi connectivity index (χ3v) is 0. The van der Waals surface area contributed by atoms with Crippen molar-refractivity contribution in [3.05, 3.63) is 0 Å². The Hall–Kier alpha value is -0.280. The van der Waals surface area contributed by atoms with Gasteiger partial charge in [0.25, 0.3) is 0 Å². The summed E-state index contributed by atoms with van der Waals surface area (Å²) in [6, 6.07) is 0. The Morgan fingerprint density at radius 3 is 1.00 bits per heavy atom. The molecule has 0 saturated carbocycles. The topological polar surface area (TPSA) is 0 Å². The van der Waals surface area contributed by atoms with E-state index in [1.807, 2.05) is 0 Å². The third kappa shape index (κ3) is 140. The maximum absolute atomic E-state index is 9.50. The van der Waals surface area contributed by atoms with Gasteiger partial charge in [0.15, 0.2) is 0 Å². The van der Waals surface area contributed by atoms with Gasteiger partial charge in [-0.3, -0.25) is 4.39 Å². The molecule has 0 bridgehead atoms. The van der Waals surface area contributed by atoms with Crippen LogP contribution in [0, 0.1) is 0 Å². The van der Waals surface area contributed by atoms with Gasteiger partial charge in [0, 0.05) is 9.15 Å². The quantitative estimate of drug-likeness (QED) is 0.316. The average molecular weight is 91.0 g/mol. The molecular weight excluding hydrogens is 88.0 g/mol. The fourth-order valence-electron chi connectivity index (χ4n) is 0. The van der Waals surface area contributed by atoms with Crippen molar-refractivity contribution in [2.24, 2.45) is 0 Å². The van der Waals surface area contributed by atoms with E-state index in [4.69, 9.17) is 9.15 Å². The molecule has 0 atom stereocenters. The van der Waals surface area contributed by atoms with Crippen molar-refractivity contribution in [1.29, 1.82) is 0 Å². The lowest BCUT2D eigenvalue weighted by molar-refractivity contribution is -0.00000185. The molecule has 4 heteroatoms. The van der Waals surface area contributed by atoms with E-state index in [-0.39, 0.29) is 4.70 Å². The zero-order chi connectivity index (χ0) is 4.00. The lowest BCUT2D eigenvalue weighted by Gasteiger charge is -1.10. The minimum atomic E-state index is 0. The average Bonchev–Trinajstić information content (AvgIpc) is 1.50. The number of alkyl halides is 1. The molecule has 36 valence electrons. The molecule has 0 unspecified atom stereocenters. The zero-order valence-corrected chi connectivity index (χ0v) is 2.51. The van der Waals surface area contributed by atoms with E-state index in [9.17, 15) is 4.39 Å². The normalized spacial score (nSPS) is 2.40. The van der Waals surface area contributed by atoms with Crippen LogP contribution in [0.5, 0.6) is 0 Å². The first-order valence-corrected chi connectivity index (χ1v) is 0.521. The first-order valence-electron chi connectivity index (χ1n) is 0.521. The molecule has 0 N–H and O–H groups in total. The molecule has 0 aromatic heterocycles. The lowest BCUT2D eigenvalue weighted by atomic mass is 11.9. The van der Waals surface area contributed by atoms with E-state index < -0.39 is 0 Å². The van der Waals surface area contributed by atoms with Crippen molar-refractivity contribution < 1.29 is 18.2 Å². The van der Waals surface area contributed by atoms with Crippen molar-refractivity contribution in [2.75, 3.05) is 7.18 Å². The molecule has 0 aliphatic carbocycles. The van der Waals surface area contributed by atoms with E-state index >= 15 is 0 Å². The molecule has 0 heterocycles. The van der Waals surface area contributed by atoms with Crippen LogP contribution in [0.4, 0.5) is 13.5 Å². The fraction of sp³-hybridized carbons (Fsp3) is 1.00. The predicted molar refractivity (Wildman–Crippen MR) is 9.25 cm³/mol. The Morgan fingerprint density at radius 1 is 1.00 bits per heavy atom. The summed E-state index contributed by atoms with van der Waals surface area (Å²) >= 11 is 0. The Labute approximate surface area is 26.8 Å². The van der Waals surface area contributed by atoms with Gasteiger partial charge >= 0.3 is 0 Å². The van der Waals surface area contributed by atoms with Crippen LogP contribution >= 0.6 is 0 Å². The van der Waals surface area contributed by atoms with E-state index in [1.54, 1.807) is 0 Å². The minimum Gasteiger partial charge on any atom is -1.00 e. The Morgan fingerprint density at radius 2 is 1.00 bits per heavy atom. The van der Waals surface area contributed by atoms with Crippen molar-refractivity contribution >= 4 is 0 Å². The number of halogens is 4. The first-order chi connectivity index (χ1) is 2.00. The van der Waals surface area contributed by atoms with Gasteiger partial charge < -0.3 is 4.70 Å². The Balaban J connectivity index is -0.0000000133. The van der Waals surface area contributed by atoms with E-state index in [0.29, 0.717) is 7.18 Å². The van der Waals surface area contributed by atoms with Crippen LogP contribution in [0.2, 0.25) is 0 Å². The summed E-state index contributed by atoms with van der Waals surface area (Å²) in [4.78, 5) is 0. The number of hydrogen-bond donors (Lipinski definition) is 0. The van der Waals surface area contributed by atoms with Crippen LogP contribution in [0.3, 0.4) is 0 Å². The molecule has 0 amide bonds. The molecule has 0 aliphatic rings. The van der Waals surface area contributed by atoms with Gasteiger partial charge in [-0.15, -0.1) is 0 Å². The predicted octanol–water partition coefficient (Wildman–Crippen LogP) is -1.57. The van der Waals surface area contributed by atoms with Crippen molar-refractivity contribution in [2.45, 2.75) is 0 Å². The molecule has 0 radical (unpaired) electrons. The van der Waals surface area contributed by atoms with E-state index in [0.717, 1.165) is 0 Å². The SMILES string of the molecule is CF.FF.[F-]. The summed E-state index contributed by atoms with van der Waals surface area (Å²) in [6.07, 6.45) is 0. The largest absolute Gasteiger partial charge is 1.00 e. The van der Waals surface area contributed by atoms with Gasteiger partial charge in [-0.05, 0) is 0 Å². The molecule has 0 rings (SSSR count). The first kappa shape index (κ1) is 22.1. The highest BCUT2D eigenvalue weighted by Crippen LogP contribution is 1.42. The van der Waals surface area contributed by atoms with Gasteiger partial charge in [0.1, 0.15) is 0 Å². The summed E-state index contributed by atoms with van der Waals surface area (Å²) in [7, 11) is 0.500. The van der Waals surface area contributed by atoms with Crippen LogP contribution in [-0.2, 0) is 0 Å². The van der Waals surface area contributed by atoms with Crippen molar-refractivity contribution in [3.8, 4) is 0 Å². The highest BCUT2D eigenvalue weighted by Gasteiger charge is 1.00. The van der Waals surface area contributed by atoms with Crippen LogP contribution < -0.4 is 4.70 Å². The van der Waals surface area contributed by atoms with Gasteiger partial charge in [0.2, 0.25) is 0 Å². The molecule has 0 fully saturated rings. The molecule has 5 heavy (non-hydrogen) atoms. The standard InChI is InChI=1S/CH3F.F2.FH/c2*1-2;/h1H3;;1H/p-1. The minimum absolute atomic E-state index is 0. The summed E-state index contributed by atoms with van der Waals surface area (Å²) in [5.41, 5.74) is 0. The van der Waals surface area contributed by atoms with Gasteiger partial charge in [-0.2, -0.15) is 0 Å². The summed E-state index contributed by atoms with van der Waals surface area (Å²) in [6.45, 7) is 0. The number of hydrogen-bond acceptors (Lipinski definition) is 0. The zero-order valence-electron chi connectivity index (χ0n) is 2.51. The second-order valence-electron chi connectivity index (χ2n) is 0. The van der Waals surface area contributed by atoms with E-state index in [2.05, 4.69) is 0 Å². The smallest absolute Gasteiger partial charge is 0.0785 e. The summed E-state index contributed by atoms with van der Waals surface area (Å²) in [5, 5.41) is 0. The summed E-state index contributed by atoms with van der Waals surface area (Å²) in [5.74, 6) is 0. The lowest BCUT2D eigenvalue weighted by Crippen LogP contribution is -3.00. The molecule has 0 aliphatic heterocycles. The molecular formula is CH3F4-. The third-order valence-electron chi connectivity index (χ3n) is 0. The van der Waals surface area contributed by atoms with Crippen LogP contribution in [-0.4, -0.2) is 7.18 Å². The maximum Gasteiger partial charge on any atom is 0.0785 e. The van der Waals surface area contributed by atoms with Crippen LogP contribution in [0.15, 0.2) is 0 Å². The monoisotopic (exact) mass is 91.0 g/mol. The molecule has 0 aromatic rings. The Kier molecular flexibility index (Phi) is 1550. The molecule has 0 nitrogen and oxygen atoms in total. The van der Waals surface area contributed by atoms with Gasteiger partial charge in [-0.1, -0.05) is 0 Å². The second-order valence-corrected chi connectivity index (χ2v) is 0. The van der Waals surface area contributed by atoms with Crippen LogP contribution in [0.25, 0.3) is 0 Å². The maximum atomic E-state index is 9.50. The molecule has 0 spiro atoms. The fourth-order valence-corrected chi connectivity index (χ4v) is 0. The summed E-state index contributed by atoms with van der Waals surface area (Å²) < 4.78 is 25.5. The van der Waals surface area contributed by atoms with Gasteiger partial charge in [-0.25, -0.2) is 0 Å². The Bertz CT molecular complexity index is 3.61. The number of rotatable bonds is 0. The highest BCUT2D eigenvalue weighted by atomic mass is 20.0. The highest BCUT2D eigenvalue weighted by molar-refractivity contribution is 3.23. The molecule has 0 saturated heterocycles. The van der Waals surface area contributed by atoms with Crippen molar-refractivity contribution in [1.82, 2.24) is 0 Å². The second kappa shape index (κ2) is 351.